The van der Waals surface area contributed by atoms with E-state index in [4.69, 9.17) is 15.9 Å². The second-order valence-electron chi connectivity index (χ2n) is 3.97. The third-order valence-corrected chi connectivity index (χ3v) is 2.34. The number of nitrogens with one attached hydrogen (secondary N) is 1. The molecule has 0 radical (unpaired) electrons. The third-order valence-electron chi connectivity index (χ3n) is 2.34. The number of hydrogen-bond acceptors (Lipinski definition) is 4. The zero-order valence-electron chi connectivity index (χ0n) is 10.00. The second-order valence-corrected chi connectivity index (χ2v) is 3.97. The molecule has 0 aliphatic heterocycles. The molecule has 7 heteroatoms. The van der Waals surface area contributed by atoms with Crippen LogP contribution in [0.5, 0.6) is 5.75 Å². The van der Waals surface area contributed by atoms with Crippen LogP contribution < -0.4 is 11.1 Å². The number of phenols is 1. The number of rotatable bonds is 6. The van der Waals surface area contributed by atoms with Crippen LogP contribution >= 0.6 is 0 Å². The van der Waals surface area contributed by atoms with Crippen LogP contribution in [0.25, 0.3) is 0 Å². The van der Waals surface area contributed by atoms with Crippen LogP contribution in [-0.4, -0.2) is 34.0 Å². The molecule has 19 heavy (non-hydrogen) atoms. The summed E-state index contributed by atoms with van der Waals surface area (Å²) in [5, 5.41) is 20.1. The van der Waals surface area contributed by atoms with Gasteiger partial charge in [-0.3, -0.25) is 9.59 Å². The highest BCUT2D eigenvalue weighted by atomic mass is 16.4. The van der Waals surface area contributed by atoms with E-state index < -0.39 is 30.2 Å². The normalized spacial score (nSPS) is 11.6. The molecule has 0 fully saturated rings. The largest absolute Gasteiger partial charge is 0.508 e. The zero-order chi connectivity index (χ0) is 14.4. The Balaban J connectivity index is 2.59. The Morgan fingerprint density at radius 1 is 1.21 bits per heavy atom. The van der Waals surface area contributed by atoms with Crippen LogP contribution in [0.2, 0.25) is 0 Å². The van der Waals surface area contributed by atoms with Crippen molar-refractivity contribution >= 4 is 17.8 Å². The van der Waals surface area contributed by atoms with Gasteiger partial charge in [0, 0.05) is 0 Å². The van der Waals surface area contributed by atoms with E-state index in [9.17, 15) is 14.4 Å². The van der Waals surface area contributed by atoms with Gasteiger partial charge in [0.2, 0.25) is 11.8 Å². The number of phenolic OH excluding ortho intramolecular Hbond substituents is 1. The highest BCUT2D eigenvalue weighted by molar-refractivity contribution is 5.88. The molecule has 0 unspecified atom stereocenters. The second kappa shape index (κ2) is 6.39. The summed E-state index contributed by atoms with van der Waals surface area (Å²) in [6.07, 6.45) is -0.514. The minimum Gasteiger partial charge on any atom is -0.508 e. The number of benzene rings is 1. The SMILES string of the molecule is NC(=O)C[C@H](NC(=O)Cc1ccc(O)cc1)C(=O)O. The molecule has 1 atom stereocenters. The van der Waals surface area contributed by atoms with Gasteiger partial charge in [-0.1, -0.05) is 12.1 Å². The Morgan fingerprint density at radius 2 is 1.79 bits per heavy atom. The van der Waals surface area contributed by atoms with E-state index in [1.165, 1.54) is 12.1 Å². The molecule has 102 valence electrons. The molecule has 7 nitrogen and oxygen atoms in total. The van der Waals surface area contributed by atoms with Crippen molar-refractivity contribution in [3.63, 3.8) is 0 Å². The number of nitrogens with two attached hydrogens (primary N) is 1. The Bertz CT molecular complexity index is 483. The molecular formula is C12H14N2O5. The van der Waals surface area contributed by atoms with E-state index in [0.29, 0.717) is 5.56 Å². The summed E-state index contributed by atoms with van der Waals surface area (Å²) in [7, 11) is 0. The Morgan fingerprint density at radius 3 is 2.26 bits per heavy atom. The first kappa shape index (κ1) is 14.5. The lowest BCUT2D eigenvalue weighted by atomic mass is 10.1. The molecule has 1 aromatic carbocycles. The van der Waals surface area contributed by atoms with E-state index >= 15 is 0 Å². The zero-order valence-corrected chi connectivity index (χ0v) is 10.00. The number of aromatic hydroxyl groups is 1. The number of carbonyl (C=O) groups excluding carboxylic acids is 2. The Labute approximate surface area is 109 Å². The van der Waals surface area contributed by atoms with Crippen molar-refractivity contribution in [2.24, 2.45) is 5.73 Å². The fourth-order valence-electron chi connectivity index (χ4n) is 1.45. The topological polar surface area (TPSA) is 130 Å². The lowest BCUT2D eigenvalue weighted by Crippen LogP contribution is -2.43. The number of aliphatic carboxylic acids is 1. The molecule has 0 aliphatic carbocycles. The van der Waals surface area contributed by atoms with Crippen LogP contribution in [-0.2, 0) is 20.8 Å². The van der Waals surface area contributed by atoms with Crippen molar-refractivity contribution in [3.05, 3.63) is 29.8 Å². The first-order chi connectivity index (χ1) is 8.88. The van der Waals surface area contributed by atoms with Gasteiger partial charge >= 0.3 is 5.97 Å². The summed E-state index contributed by atoms with van der Waals surface area (Å²) in [6, 6.07) is 4.58. The molecule has 1 aromatic rings. The van der Waals surface area contributed by atoms with Crippen molar-refractivity contribution in [1.29, 1.82) is 0 Å². The summed E-state index contributed by atoms with van der Waals surface area (Å²) in [5.74, 6) is -2.60. The van der Waals surface area contributed by atoms with Gasteiger partial charge in [0.1, 0.15) is 11.8 Å². The van der Waals surface area contributed by atoms with Crippen molar-refractivity contribution in [1.82, 2.24) is 5.32 Å². The van der Waals surface area contributed by atoms with Crippen molar-refractivity contribution < 1.29 is 24.6 Å². The monoisotopic (exact) mass is 266 g/mol. The van der Waals surface area contributed by atoms with Crippen LogP contribution in [0.1, 0.15) is 12.0 Å². The Kier molecular flexibility index (Phi) is 4.87. The van der Waals surface area contributed by atoms with Crippen LogP contribution in [0, 0.1) is 0 Å². The summed E-state index contributed by atoms with van der Waals surface area (Å²) >= 11 is 0. The number of primary amides is 1. The van der Waals surface area contributed by atoms with Gasteiger partial charge in [0.15, 0.2) is 0 Å². The quantitative estimate of drug-likeness (QED) is 0.545. The van der Waals surface area contributed by atoms with Crippen LogP contribution in [0.3, 0.4) is 0 Å². The number of carboxylic acid groups (broad SMARTS) is 1. The average Bonchev–Trinajstić information content (AvgIpc) is 2.30. The maximum atomic E-state index is 11.6. The fraction of sp³-hybridized carbons (Fsp3) is 0.250. The number of carboxylic acids is 1. The predicted octanol–water partition coefficient (Wildman–Crippen LogP) is -0.621. The van der Waals surface area contributed by atoms with Gasteiger partial charge in [-0.2, -0.15) is 0 Å². The van der Waals surface area contributed by atoms with E-state index in [-0.39, 0.29) is 12.2 Å². The number of hydrogen-bond donors (Lipinski definition) is 4. The maximum absolute atomic E-state index is 11.6. The molecule has 0 spiro atoms. The van der Waals surface area contributed by atoms with E-state index in [0.717, 1.165) is 0 Å². The third kappa shape index (κ3) is 5.07. The molecule has 0 saturated carbocycles. The van der Waals surface area contributed by atoms with E-state index in [1.807, 2.05) is 0 Å². The van der Waals surface area contributed by atoms with Gasteiger partial charge in [-0.05, 0) is 17.7 Å². The summed E-state index contributed by atoms with van der Waals surface area (Å²) in [5.41, 5.74) is 5.50. The van der Waals surface area contributed by atoms with Gasteiger partial charge in [0.05, 0.1) is 12.8 Å². The summed E-state index contributed by atoms with van der Waals surface area (Å²) in [4.78, 5) is 33.1. The van der Waals surface area contributed by atoms with Gasteiger partial charge in [-0.25, -0.2) is 4.79 Å². The van der Waals surface area contributed by atoms with Gasteiger partial charge in [-0.15, -0.1) is 0 Å². The molecular weight excluding hydrogens is 252 g/mol. The van der Waals surface area contributed by atoms with Crippen molar-refractivity contribution in [2.75, 3.05) is 0 Å². The maximum Gasteiger partial charge on any atom is 0.326 e. The van der Waals surface area contributed by atoms with E-state index in [2.05, 4.69) is 5.32 Å². The van der Waals surface area contributed by atoms with Gasteiger partial charge in [0.25, 0.3) is 0 Å². The highest BCUT2D eigenvalue weighted by Gasteiger charge is 2.21. The predicted molar refractivity (Wildman–Crippen MR) is 65.2 cm³/mol. The smallest absolute Gasteiger partial charge is 0.326 e. The molecule has 0 bridgehead atoms. The first-order valence-corrected chi connectivity index (χ1v) is 5.47. The van der Waals surface area contributed by atoms with Crippen LogP contribution in [0.15, 0.2) is 24.3 Å². The minimum absolute atomic E-state index is 0.0528. The number of carbonyl (C=O) groups is 3. The van der Waals surface area contributed by atoms with E-state index in [1.54, 1.807) is 12.1 Å². The van der Waals surface area contributed by atoms with Crippen LogP contribution in [0.4, 0.5) is 0 Å². The van der Waals surface area contributed by atoms with Crippen molar-refractivity contribution in [3.8, 4) is 5.75 Å². The van der Waals surface area contributed by atoms with Gasteiger partial charge < -0.3 is 21.3 Å². The molecule has 2 amide bonds. The molecule has 5 N–H and O–H groups in total. The standard InChI is InChI=1S/C12H14N2O5/c13-10(16)6-9(12(18)19)14-11(17)5-7-1-3-8(15)4-2-7/h1-4,9,15H,5-6H2,(H2,13,16)(H,14,17)(H,18,19)/t9-/m0/s1. The minimum atomic E-state index is -1.33. The fourth-order valence-corrected chi connectivity index (χ4v) is 1.45. The van der Waals surface area contributed by atoms with Crippen molar-refractivity contribution in [2.45, 2.75) is 18.9 Å². The molecule has 0 heterocycles. The molecule has 0 saturated heterocycles. The lowest BCUT2D eigenvalue weighted by Gasteiger charge is -2.12. The summed E-state index contributed by atoms with van der Waals surface area (Å²) in [6.45, 7) is 0. The molecule has 0 aromatic heterocycles. The Hall–Kier alpha value is -2.57. The highest BCUT2D eigenvalue weighted by Crippen LogP contribution is 2.10. The first-order valence-electron chi connectivity index (χ1n) is 5.47. The summed E-state index contributed by atoms with van der Waals surface area (Å²) < 4.78 is 0. The number of amides is 2. The molecule has 1 rings (SSSR count). The average molecular weight is 266 g/mol. The molecule has 0 aliphatic rings. The lowest BCUT2D eigenvalue weighted by molar-refractivity contribution is -0.143.